The van der Waals surface area contributed by atoms with Crippen LogP contribution in [0.15, 0.2) is 18.2 Å². The van der Waals surface area contributed by atoms with Crippen molar-refractivity contribution in [3.63, 3.8) is 0 Å². The van der Waals surface area contributed by atoms with Crippen molar-refractivity contribution in [1.29, 1.82) is 5.26 Å². The quantitative estimate of drug-likeness (QED) is 0.543. The van der Waals surface area contributed by atoms with Crippen molar-refractivity contribution < 1.29 is 17.9 Å². The van der Waals surface area contributed by atoms with Gasteiger partial charge >= 0.3 is 0 Å². The van der Waals surface area contributed by atoms with E-state index in [1.807, 2.05) is 6.92 Å². The number of sulfonamides is 1. The Kier molecular flexibility index (Phi) is 6.45. The summed E-state index contributed by atoms with van der Waals surface area (Å²) in [6, 6.07) is 4.43. The van der Waals surface area contributed by atoms with Crippen LogP contribution in [0, 0.1) is 11.5 Å². The molecule has 2 atom stereocenters. The number of hydrogen-bond donors (Lipinski definition) is 2. The molecule has 0 aliphatic carbocycles. The molecule has 142 valence electrons. The Hall–Kier alpha value is -2.31. The minimum Gasteiger partial charge on any atom is -0.496 e. The van der Waals surface area contributed by atoms with Crippen LogP contribution in [0.4, 0.5) is 5.69 Å². The van der Waals surface area contributed by atoms with Gasteiger partial charge in [-0.25, -0.2) is 8.42 Å². The van der Waals surface area contributed by atoms with Crippen LogP contribution in [0.1, 0.15) is 36.5 Å². The van der Waals surface area contributed by atoms with E-state index in [0.29, 0.717) is 10.1 Å². The molecule has 1 aromatic rings. The Bertz CT molecular complexity index is 797. The fourth-order valence-electron chi connectivity index (χ4n) is 3.11. The molecule has 1 heterocycles. The topological polar surface area (TPSA) is 112 Å². The minimum atomic E-state index is -3.78. The van der Waals surface area contributed by atoms with Gasteiger partial charge in [-0.05, 0) is 44.0 Å². The lowest BCUT2D eigenvalue weighted by Crippen LogP contribution is -2.47. The van der Waals surface area contributed by atoms with Crippen LogP contribution in [-0.4, -0.2) is 46.3 Å². The highest BCUT2D eigenvalue weighted by molar-refractivity contribution is 7.92. The molecule has 1 aliphatic rings. The van der Waals surface area contributed by atoms with Crippen molar-refractivity contribution in [2.24, 2.45) is 0 Å². The third-order valence-electron chi connectivity index (χ3n) is 4.43. The van der Waals surface area contributed by atoms with Crippen LogP contribution in [0.25, 0.3) is 0 Å². The predicted octanol–water partition coefficient (Wildman–Crippen LogP) is 1.20. The monoisotopic (exact) mass is 380 g/mol. The van der Waals surface area contributed by atoms with Crippen molar-refractivity contribution in [2.75, 3.05) is 24.2 Å². The number of anilines is 1. The van der Waals surface area contributed by atoms with Gasteiger partial charge in [0, 0.05) is 12.1 Å². The lowest BCUT2D eigenvalue weighted by atomic mass is 10.0. The number of nitrogens with zero attached hydrogens (tertiary/aromatic N) is 2. The first-order valence-electron chi connectivity index (χ1n) is 8.44. The van der Waals surface area contributed by atoms with E-state index in [-0.39, 0.29) is 29.2 Å². The number of benzene rings is 1. The summed E-state index contributed by atoms with van der Waals surface area (Å²) in [7, 11) is -2.35. The second-order valence-electron chi connectivity index (χ2n) is 6.20. The maximum absolute atomic E-state index is 12.8. The Labute approximate surface area is 154 Å². The molecule has 2 rings (SSSR count). The molecular formula is C17H24N4O4S. The van der Waals surface area contributed by atoms with Crippen molar-refractivity contribution in [2.45, 2.75) is 38.3 Å². The van der Waals surface area contributed by atoms with E-state index in [1.165, 1.54) is 25.3 Å². The van der Waals surface area contributed by atoms with Crippen LogP contribution < -0.4 is 19.7 Å². The van der Waals surface area contributed by atoms with Crippen LogP contribution in [0.5, 0.6) is 5.75 Å². The summed E-state index contributed by atoms with van der Waals surface area (Å²) < 4.78 is 29.3. The van der Waals surface area contributed by atoms with Gasteiger partial charge in [-0.3, -0.25) is 4.79 Å². The molecule has 0 bridgehead atoms. The Balaban J connectivity index is 2.32. The number of methoxy groups -OCH3 is 1. The third kappa shape index (κ3) is 4.45. The number of hydrogen-bond acceptors (Lipinski definition) is 6. The normalized spacial score (nSPS) is 18.0. The largest absolute Gasteiger partial charge is 0.496 e. The SMILES string of the molecule is CCC(NC(=O)c1cc(N(C#N)S(C)(=O)=O)ccc1OC)C1CCCN1. The number of nitriles is 1. The van der Waals surface area contributed by atoms with E-state index >= 15 is 0 Å². The summed E-state index contributed by atoms with van der Waals surface area (Å²) in [6.07, 6.45) is 5.38. The van der Waals surface area contributed by atoms with E-state index < -0.39 is 10.0 Å². The lowest BCUT2D eigenvalue weighted by molar-refractivity contribution is 0.0924. The van der Waals surface area contributed by atoms with Gasteiger partial charge in [0.1, 0.15) is 5.75 Å². The van der Waals surface area contributed by atoms with Crippen molar-refractivity contribution in [3.05, 3.63) is 23.8 Å². The average molecular weight is 380 g/mol. The van der Waals surface area contributed by atoms with E-state index in [9.17, 15) is 13.2 Å². The zero-order chi connectivity index (χ0) is 19.3. The van der Waals surface area contributed by atoms with Gasteiger partial charge in [0.05, 0.1) is 24.6 Å². The van der Waals surface area contributed by atoms with Gasteiger partial charge in [0.2, 0.25) is 10.0 Å². The maximum atomic E-state index is 12.8. The maximum Gasteiger partial charge on any atom is 0.255 e. The molecule has 9 heteroatoms. The Morgan fingerprint density at radius 2 is 2.27 bits per heavy atom. The average Bonchev–Trinajstić information content (AvgIpc) is 3.13. The summed E-state index contributed by atoms with van der Waals surface area (Å²) in [5.41, 5.74) is 0.276. The molecule has 0 radical (unpaired) electrons. The highest BCUT2D eigenvalue weighted by Gasteiger charge is 2.27. The molecule has 2 N–H and O–H groups in total. The lowest BCUT2D eigenvalue weighted by Gasteiger charge is -2.24. The molecule has 0 spiro atoms. The summed E-state index contributed by atoms with van der Waals surface area (Å²) in [5, 5.41) is 15.5. The molecule has 0 aromatic heterocycles. The second kappa shape index (κ2) is 8.38. The van der Waals surface area contributed by atoms with Gasteiger partial charge in [-0.1, -0.05) is 6.92 Å². The van der Waals surface area contributed by atoms with Gasteiger partial charge < -0.3 is 15.4 Å². The van der Waals surface area contributed by atoms with Gasteiger partial charge in [0.25, 0.3) is 5.91 Å². The summed E-state index contributed by atoms with van der Waals surface area (Å²) in [4.78, 5) is 12.8. The highest BCUT2D eigenvalue weighted by Crippen LogP contribution is 2.26. The number of carbonyl (C=O) groups excluding carboxylic acids is 1. The molecular weight excluding hydrogens is 356 g/mol. The van der Waals surface area contributed by atoms with Gasteiger partial charge in [0.15, 0.2) is 6.19 Å². The van der Waals surface area contributed by atoms with Crippen LogP contribution in [0.3, 0.4) is 0 Å². The summed E-state index contributed by atoms with van der Waals surface area (Å²) in [5.74, 6) is -0.0532. The third-order valence-corrected chi connectivity index (χ3v) is 5.38. The Morgan fingerprint density at radius 3 is 2.77 bits per heavy atom. The first-order valence-corrected chi connectivity index (χ1v) is 10.3. The number of nitrogens with one attached hydrogen (secondary N) is 2. The van der Waals surface area contributed by atoms with E-state index in [0.717, 1.165) is 32.1 Å². The number of amides is 1. The fourth-order valence-corrected chi connectivity index (χ4v) is 3.76. The van der Waals surface area contributed by atoms with Gasteiger partial charge in [-0.2, -0.15) is 9.57 Å². The number of rotatable bonds is 7. The van der Waals surface area contributed by atoms with Gasteiger partial charge in [-0.15, -0.1) is 0 Å². The smallest absolute Gasteiger partial charge is 0.255 e. The summed E-state index contributed by atoms with van der Waals surface area (Å²) in [6.45, 7) is 2.93. The second-order valence-corrected chi connectivity index (χ2v) is 8.03. The molecule has 26 heavy (non-hydrogen) atoms. The molecule has 1 fully saturated rings. The first-order chi connectivity index (χ1) is 12.3. The van der Waals surface area contributed by atoms with Crippen molar-refractivity contribution >= 4 is 21.6 Å². The zero-order valence-electron chi connectivity index (χ0n) is 15.2. The molecule has 1 aromatic carbocycles. The Morgan fingerprint density at radius 1 is 1.54 bits per heavy atom. The first kappa shape index (κ1) is 20.0. The fraction of sp³-hybridized carbons (Fsp3) is 0.529. The molecule has 1 amide bonds. The minimum absolute atomic E-state index is 0.0414. The molecule has 8 nitrogen and oxygen atoms in total. The van der Waals surface area contributed by atoms with E-state index in [1.54, 1.807) is 6.19 Å². The highest BCUT2D eigenvalue weighted by atomic mass is 32.2. The van der Waals surface area contributed by atoms with E-state index in [4.69, 9.17) is 10.00 Å². The van der Waals surface area contributed by atoms with E-state index in [2.05, 4.69) is 10.6 Å². The molecule has 2 unspecified atom stereocenters. The molecule has 0 saturated carbocycles. The van der Waals surface area contributed by atoms with Crippen LogP contribution in [0.2, 0.25) is 0 Å². The molecule has 1 saturated heterocycles. The standard InChI is InChI=1S/C17H24N4O4S/c1-4-14(15-6-5-9-19-15)20-17(22)13-10-12(7-8-16(13)25-2)21(11-18)26(3,23)24/h7-8,10,14-15,19H,4-6,9H2,1-3H3,(H,20,22). The number of carbonyl (C=O) groups is 1. The molecule has 1 aliphatic heterocycles. The van der Waals surface area contributed by atoms with Crippen LogP contribution in [-0.2, 0) is 10.0 Å². The number of ether oxygens (including phenoxy) is 1. The summed E-state index contributed by atoms with van der Waals surface area (Å²) >= 11 is 0. The van der Waals surface area contributed by atoms with Crippen molar-refractivity contribution in [3.8, 4) is 11.9 Å². The predicted molar refractivity (Wildman–Crippen MR) is 98.5 cm³/mol. The zero-order valence-corrected chi connectivity index (χ0v) is 16.0. The van der Waals surface area contributed by atoms with Crippen molar-refractivity contribution in [1.82, 2.24) is 10.6 Å². The van der Waals surface area contributed by atoms with Crippen LogP contribution >= 0.6 is 0 Å².